The summed E-state index contributed by atoms with van der Waals surface area (Å²) in [7, 11) is 0. The maximum absolute atomic E-state index is 10.9. The maximum atomic E-state index is 10.9. The summed E-state index contributed by atoms with van der Waals surface area (Å²) in [4.78, 5) is 12.0. The van der Waals surface area contributed by atoms with E-state index in [9.17, 15) is 4.79 Å². The molecule has 4 heteroatoms. The lowest BCUT2D eigenvalue weighted by Gasteiger charge is -2.11. The van der Waals surface area contributed by atoms with Crippen LogP contribution >= 0.6 is 11.8 Å². The standard InChI is InChI=1S/C10H11NO2S/c1-7-9(13-10(12)11-7)14-8-5-3-2-4-6-8/h2-7,9H,1H3,(H,11,12)/t7-,9-/m0/s1. The number of carbonyl (C=O) groups is 1. The molecule has 0 saturated carbocycles. The summed E-state index contributed by atoms with van der Waals surface area (Å²) in [5, 5.41) is 2.71. The van der Waals surface area contributed by atoms with E-state index in [1.54, 1.807) is 11.8 Å². The van der Waals surface area contributed by atoms with Crippen molar-refractivity contribution in [2.75, 3.05) is 0 Å². The number of ether oxygens (including phenoxy) is 1. The third-order valence-electron chi connectivity index (χ3n) is 1.97. The van der Waals surface area contributed by atoms with E-state index in [1.165, 1.54) is 0 Å². The second-order valence-electron chi connectivity index (χ2n) is 3.14. The molecule has 1 aliphatic rings. The zero-order valence-electron chi connectivity index (χ0n) is 7.77. The second-order valence-corrected chi connectivity index (χ2v) is 4.31. The van der Waals surface area contributed by atoms with Gasteiger partial charge in [0, 0.05) is 4.90 Å². The third kappa shape index (κ3) is 2.01. The number of nitrogens with one attached hydrogen (secondary N) is 1. The van der Waals surface area contributed by atoms with Gasteiger partial charge < -0.3 is 10.1 Å². The van der Waals surface area contributed by atoms with Gasteiger partial charge in [-0.2, -0.15) is 0 Å². The molecule has 1 N–H and O–H groups in total. The van der Waals surface area contributed by atoms with Crippen LogP contribution in [0.3, 0.4) is 0 Å². The van der Waals surface area contributed by atoms with Crippen LogP contribution in [0.15, 0.2) is 35.2 Å². The van der Waals surface area contributed by atoms with Crippen LogP contribution in [0.4, 0.5) is 4.79 Å². The summed E-state index contributed by atoms with van der Waals surface area (Å²) in [6.45, 7) is 1.94. The minimum Gasteiger partial charge on any atom is -0.433 e. The van der Waals surface area contributed by atoms with E-state index in [0.29, 0.717) is 0 Å². The van der Waals surface area contributed by atoms with Crippen LogP contribution in [0.2, 0.25) is 0 Å². The molecule has 14 heavy (non-hydrogen) atoms. The Hall–Kier alpha value is -1.16. The molecular formula is C10H11NO2S. The van der Waals surface area contributed by atoms with Gasteiger partial charge in [-0.3, -0.25) is 0 Å². The molecule has 1 aromatic rings. The number of cyclic esters (lactones) is 1. The summed E-state index contributed by atoms with van der Waals surface area (Å²) in [6.07, 6.45) is -0.328. The molecule has 74 valence electrons. The molecule has 2 rings (SSSR count). The first-order valence-corrected chi connectivity index (χ1v) is 5.32. The summed E-state index contributed by atoms with van der Waals surface area (Å²) in [6, 6.07) is 9.97. The molecule has 1 heterocycles. The molecule has 2 atom stereocenters. The molecule has 1 fully saturated rings. The Balaban J connectivity index is 2.02. The Kier molecular flexibility index (Phi) is 2.63. The molecule has 1 saturated heterocycles. The maximum Gasteiger partial charge on any atom is 0.408 e. The molecule has 0 aromatic heterocycles. The van der Waals surface area contributed by atoms with Crippen molar-refractivity contribution < 1.29 is 9.53 Å². The van der Waals surface area contributed by atoms with Crippen molar-refractivity contribution in [2.45, 2.75) is 23.3 Å². The molecule has 1 aliphatic heterocycles. The molecule has 0 aliphatic carbocycles. The van der Waals surface area contributed by atoms with E-state index in [0.717, 1.165) is 4.90 Å². The Morgan fingerprint density at radius 2 is 2.07 bits per heavy atom. The van der Waals surface area contributed by atoms with E-state index in [4.69, 9.17) is 4.74 Å². The topological polar surface area (TPSA) is 38.3 Å². The largest absolute Gasteiger partial charge is 0.433 e. The van der Waals surface area contributed by atoms with Gasteiger partial charge in [-0.15, -0.1) is 0 Å². The van der Waals surface area contributed by atoms with Gasteiger partial charge in [-0.25, -0.2) is 4.79 Å². The SMILES string of the molecule is C[C@@H]1NC(=O)O[C@H]1Sc1ccccc1. The zero-order chi connectivity index (χ0) is 9.97. The summed E-state index contributed by atoms with van der Waals surface area (Å²) >= 11 is 1.56. The highest BCUT2D eigenvalue weighted by Crippen LogP contribution is 2.28. The lowest BCUT2D eigenvalue weighted by molar-refractivity contribution is 0.167. The fourth-order valence-corrected chi connectivity index (χ4v) is 2.25. The van der Waals surface area contributed by atoms with Gasteiger partial charge in [0.1, 0.15) is 0 Å². The molecule has 0 unspecified atom stereocenters. The highest BCUT2D eigenvalue weighted by molar-refractivity contribution is 7.99. The first-order valence-electron chi connectivity index (χ1n) is 4.44. The van der Waals surface area contributed by atoms with Crippen molar-refractivity contribution in [1.29, 1.82) is 0 Å². The number of rotatable bonds is 2. The normalized spacial score (nSPS) is 25.6. The number of hydrogen-bond donors (Lipinski definition) is 1. The molecular weight excluding hydrogens is 198 g/mol. The summed E-state index contributed by atoms with van der Waals surface area (Å²) < 4.78 is 5.09. The van der Waals surface area contributed by atoms with Crippen molar-refractivity contribution in [1.82, 2.24) is 5.32 Å². The summed E-state index contributed by atoms with van der Waals surface area (Å²) in [5.74, 6) is 0. The van der Waals surface area contributed by atoms with E-state index in [1.807, 2.05) is 37.3 Å². The lowest BCUT2D eigenvalue weighted by Crippen LogP contribution is -2.25. The second kappa shape index (κ2) is 3.92. The van der Waals surface area contributed by atoms with Crippen molar-refractivity contribution in [2.24, 2.45) is 0 Å². The van der Waals surface area contributed by atoms with E-state index in [-0.39, 0.29) is 17.6 Å². The highest BCUT2D eigenvalue weighted by Gasteiger charge is 2.30. The van der Waals surface area contributed by atoms with Crippen molar-refractivity contribution in [3.05, 3.63) is 30.3 Å². The Labute approximate surface area is 86.8 Å². The van der Waals surface area contributed by atoms with E-state index >= 15 is 0 Å². The van der Waals surface area contributed by atoms with Crippen LogP contribution < -0.4 is 5.32 Å². The van der Waals surface area contributed by atoms with Crippen LogP contribution in [0.5, 0.6) is 0 Å². The molecule has 1 amide bonds. The molecule has 0 spiro atoms. The fraction of sp³-hybridized carbons (Fsp3) is 0.300. The number of amides is 1. The van der Waals surface area contributed by atoms with Gasteiger partial charge in [0.2, 0.25) is 0 Å². The van der Waals surface area contributed by atoms with Crippen molar-refractivity contribution in [3.8, 4) is 0 Å². The van der Waals surface area contributed by atoms with Crippen LogP contribution in [0, 0.1) is 0 Å². The minimum absolute atomic E-state index is 0.0627. The molecule has 0 radical (unpaired) electrons. The molecule has 0 bridgehead atoms. The Bertz CT molecular complexity index is 328. The first kappa shape index (κ1) is 9.40. The van der Waals surface area contributed by atoms with Gasteiger partial charge in [0.25, 0.3) is 0 Å². The van der Waals surface area contributed by atoms with Crippen molar-refractivity contribution in [3.63, 3.8) is 0 Å². The number of carbonyl (C=O) groups excluding carboxylic acids is 1. The monoisotopic (exact) mass is 209 g/mol. The quantitative estimate of drug-likeness (QED) is 0.811. The first-order chi connectivity index (χ1) is 6.75. The predicted octanol–water partition coefficient (Wildman–Crippen LogP) is 2.23. The van der Waals surface area contributed by atoms with Gasteiger partial charge in [0.05, 0.1) is 6.04 Å². The predicted molar refractivity (Wildman–Crippen MR) is 55.2 cm³/mol. The third-order valence-corrected chi connectivity index (χ3v) is 3.25. The number of benzene rings is 1. The van der Waals surface area contributed by atoms with E-state index in [2.05, 4.69) is 5.32 Å². The minimum atomic E-state index is -0.328. The molecule has 3 nitrogen and oxygen atoms in total. The number of thioether (sulfide) groups is 1. The fourth-order valence-electron chi connectivity index (χ4n) is 1.25. The van der Waals surface area contributed by atoms with Crippen LogP contribution in [-0.2, 0) is 4.74 Å². The summed E-state index contributed by atoms with van der Waals surface area (Å²) in [5.41, 5.74) is -0.120. The average molecular weight is 209 g/mol. The van der Waals surface area contributed by atoms with Gasteiger partial charge in [-0.05, 0) is 19.1 Å². The van der Waals surface area contributed by atoms with Gasteiger partial charge in [-0.1, -0.05) is 30.0 Å². The van der Waals surface area contributed by atoms with Crippen molar-refractivity contribution >= 4 is 17.9 Å². The van der Waals surface area contributed by atoms with Crippen LogP contribution in [-0.4, -0.2) is 17.6 Å². The molecule has 1 aromatic carbocycles. The smallest absolute Gasteiger partial charge is 0.408 e. The lowest BCUT2D eigenvalue weighted by atomic mass is 10.4. The van der Waals surface area contributed by atoms with Gasteiger partial charge >= 0.3 is 6.09 Å². The average Bonchev–Trinajstić information content (AvgIpc) is 2.47. The highest BCUT2D eigenvalue weighted by atomic mass is 32.2. The van der Waals surface area contributed by atoms with Gasteiger partial charge in [0.15, 0.2) is 5.44 Å². The van der Waals surface area contributed by atoms with Crippen LogP contribution in [0.25, 0.3) is 0 Å². The Morgan fingerprint density at radius 3 is 2.64 bits per heavy atom. The number of alkyl carbamates (subject to hydrolysis) is 1. The van der Waals surface area contributed by atoms with Crippen LogP contribution in [0.1, 0.15) is 6.92 Å². The Morgan fingerprint density at radius 1 is 1.36 bits per heavy atom. The zero-order valence-corrected chi connectivity index (χ0v) is 8.58. The van der Waals surface area contributed by atoms with E-state index < -0.39 is 0 Å². The number of hydrogen-bond acceptors (Lipinski definition) is 3.